The average molecular weight is 337 g/mol. The fourth-order valence-corrected chi connectivity index (χ4v) is 3.28. The van der Waals surface area contributed by atoms with E-state index in [1.165, 1.54) is 4.68 Å². The molecule has 0 saturated heterocycles. The third-order valence-electron chi connectivity index (χ3n) is 4.68. The molecule has 0 spiro atoms. The lowest BCUT2D eigenvalue weighted by atomic mass is 9.92. The Morgan fingerprint density at radius 2 is 1.96 bits per heavy atom. The van der Waals surface area contributed by atoms with E-state index in [-0.39, 0.29) is 11.1 Å². The van der Waals surface area contributed by atoms with Crippen LogP contribution in [0.2, 0.25) is 0 Å². The van der Waals surface area contributed by atoms with Crippen molar-refractivity contribution in [1.82, 2.24) is 24.8 Å². The van der Waals surface area contributed by atoms with Crippen molar-refractivity contribution < 1.29 is 0 Å². The van der Waals surface area contributed by atoms with Crippen molar-refractivity contribution in [3.05, 3.63) is 69.0 Å². The summed E-state index contributed by atoms with van der Waals surface area (Å²) in [4.78, 5) is 24.6. The maximum absolute atomic E-state index is 12.5. The highest BCUT2D eigenvalue weighted by atomic mass is 16.2. The fourth-order valence-electron chi connectivity index (χ4n) is 3.28. The molecule has 0 amide bonds. The lowest BCUT2D eigenvalue weighted by Gasteiger charge is -2.13. The number of aromatic nitrogens is 5. The second-order valence-electron chi connectivity index (χ2n) is 6.33. The molecular formula is C18H19N5O2. The van der Waals surface area contributed by atoms with Gasteiger partial charge in [-0.25, -0.2) is 4.68 Å². The van der Waals surface area contributed by atoms with Crippen LogP contribution in [-0.2, 0) is 13.1 Å². The van der Waals surface area contributed by atoms with Gasteiger partial charge < -0.3 is 0 Å². The first kappa shape index (κ1) is 15.6. The maximum Gasteiger partial charge on any atom is 0.273 e. The van der Waals surface area contributed by atoms with Gasteiger partial charge in [-0.15, -0.1) is 5.10 Å². The zero-order chi connectivity index (χ0) is 17.2. The molecule has 0 saturated carbocycles. The van der Waals surface area contributed by atoms with E-state index in [0.29, 0.717) is 29.8 Å². The number of benzene rings is 1. The molecule has 1 aromatic carbocycles. The molecule has 1 atom stereocenters. The summed E-state index contributed by atoms with van der Waals surface area (Å²) in [7, 11) is 0. The van der Waals surface area contributed by atoms with Gasteiger partial charge in [0, 0.05) is 12.1 Å². The van der Waals surface area contributed by atoms with Gasteiger partial charge in [-0.3, -0.25) is 19.4 Å². The third kappa shape index (κ3) is 3.05. The van der Waals surface area contributed by atoms with Crippen molar-refractivity contribution in [2.75, 3.05) is 0 Å². The Morgan fingerprint density at radius 3 is 2.76 bits per heavy atom. The largest absolute Gasteiger partial charge is 0.273 e. The van der Waals surface area contributed by atoms with E-state index in [2.05, 4.69) is 27.6 Å². The number of H-pyrrole nitrogens is 1. The minimum absolute atomic E-state index is 0.201. The Labute approximate surface area is 143 Å². The number of nitrogens with one attached hydrogen (secondary N) is 1. The van der Waals surface area contributed by atoms with Crippen LogP contribution in [0.5, 0.6) is 0 Å². The second kappa shape index (κ2) is 6.51. The van der Waals surface area contributed by atoms with Crippen molar-refractivity contribution >= 4 is 10.8 Å². The highest BCUT2D eigenvalue weighted by molar-refractivity contribution is 5.80. The molecule has 2 heterocycles. The van der Waals surface area contributed by atoms with Crippen molar-refractivity contribution in [3.63, 3.8) is 0 Å². The van der Waals surface area contributed by atoms with Crippen molar-refractivity contribution in [3.8, 4) is 0 Å². The summed E-state index contributed by atoms with van der Waals surface area (Å²) < 4.78 is 3.07. The first-order valence-corrected chi connectivity index (χ1v) is 8.49. The number of aryl methyl sites for hydroxylation is 2. The topological polar surface area (TPSA) is 85.6 Å². The normalized spacial score (nSPS) is 17.2. The number of hydrogen-bond donors (Lipinski definition) is 1. The van der Waals surface area contributed by atoms with E-state index in [0.717, 1.165) is 25.0 Å². The maximum atomic E-state index is 12.5. The molecule has 1 aliphatic rings. The van der Waals surface area contributed by atoms with E-state index in [1.807, 2.05) is 6.20 Å². The second-order valence-corrected chi connectivity index (χ2v) is 6.33. The highest BCUT2D eigenvalue weighted by Gasteiger charge is 2.16. The number of aromatic amines is 1. The molecule has 3 aromatic rings. The summed E-state index contributed by atoms with van der Waals surface area (Å²) in [5.74, 6) is 0.418. The van der Waals surface area contributed by atoms with Crippen LogP contribution in [0.1, 0.15) is 30.9 Å². The van der Waals surface area contributed by atoms with Crippen molar-refractivity contribution in [2.45, 2.75) is 38.3 Å². The monoisotopic (exact) mass is 337 g/mol. The van der Waals surface area contributed by atoms with Crippen LogP contribution < -0.4 is 11.1 Å². The van der Waals surface area contributed by atoms with Gasteiger partial charge in [0.25, 0.3) is 11.1 Å². The van der Waals surface area contributed by atoms with Gasteiger partial charge in [0.2, 0.25) is 0 Å². The van der Waals surface area contributed by atoms with Gasteiger partial charge in [-0.2, -0.15) is 0 Å². The quantitative estimate of drug-likeness (QED) is 0.736. The highest BCUT2D eigenvalue weighted by Crippen LogP contribution is 2.27. The Balaban J connectivity index is 1.54. The lowest BCUT2D eigenvalue weighted by molar-refractivity contribution is 0.473. The number of fused-ring (bicyclic) bond motifs is 1. The molecular weight excluding hydrogens is 318 g/mol. The van der Waals surface area contributed by atoms with Crippen LogP contribution in [0.3, 0.4) is 0 Å². The van der Waals surface area contributed by atoms with Crippen LogP contribution in [0.15, 0.2) is 52.2 Å². The molecule has 4 rings (SSSR count). The van der Waals surface area contributed by atoms with Crippen LogP contribution in [0.4, 0.5) is 0 Å². The SMILES string of the molecule is O=c1[nH]n(CCn2cc(C3CC=CCC3)nn2)c(=O)c2ccccc12. The summed E-state index contributed by atoms with van der Waals surface area (Å²) in [5.41, 5.74) is 0.528. The predicted octanol–water partition coefficient (Wildman–Crippen LogP) is 1.81. The molecule has 128 valence electrons. The molecule has 1 aliphatic carbocycles. The third-order valence-corrected chi connectivity index (χ3v) is 4.68. The molecule has 0 radical (unpaired) electrons. The summed E-state index contributed by atoms with van der Waals surface area (Å²) in [5, 5.41) is 11.9. The summed E-state index contributed by atoms with van der Waals surface area (Å²) in [6, 6.07) is 6.84. The smallest absolute Gasteiger partial charge is 0.267 e. The number of rotatable bonds is 4. The van der Waals surface area contributed by atoms with E-state index < -0.39 is 0 Å². The molecule has 25 heavy (non-hydrogen) atoms. The van der Waals surface area contributed by atoms with E-state index >= 15 is 0 Å². The number of nitrogens with zero attached hydrogens (tertiary/aromatic N) is 4. The van der Waals surface area contributed by atoms with Crippen LogP contribution in [-0.4, -0.2) is 24.8 Å². The lowest BCUT2D eigenvalue weighted by Crippen LogP contribution is -2.31. The van der Waals surface area contributed by atoms with Gasteiger partial charge in [-0.05, 0) is 31.4 Å². The van der Waals surface area contributed by atoms with E-state index in [1.54, 1.807) is 28.9 Å². The van der Waals surface area contributed by atoms with Gasteiger partial charge in [-0.1, -0.05) is 29.5 Å². The number of allylic oxidation sites excluding steroid dienone is 2. The standard InChI is InChI=1S/C18H19N5O2/c24-17-14-8-4-5-9-15(14)18(25)23(20-17)11-10-22-12-16(19-21-22)13-6-2-1-3-7-13/h1-2,4-5,8-9,12-13H,3,6-7,10-11H2,(H,20,24). The van der Waals surface area contributed by atoms with E-state index in [4.69, 9.17) is 0 Å². The minimum atomic E-state index is -0.261. The Kier molecular flexibility index (Phi) is 4.05. The Hall–Kier alpha value is -2.96. The minimum Gasteiger partial charge on any atom is -0.267 e. The molecule has 2 aromatic heterocycles. The average Bonchev–Trinajstić information content (AvgIpc) is 3.13. The van der Waals surface area contributed by atoms with Crippen molar-refractivity contribution in [1.29, 1.82) is 0 Å². The summed E-state index contributed by atoms with van der Waals surface area (Å²) in [6.07, 6.45) is 9.48. The van der Waals surface area contributed by atoms with Gasteiger partial charge in [0.05, 0.1) is 29.6 Å². The molecule has 7 heteroatoms. The van der Waals surface area contributed by atoms with Crippen LogP contribution in [0, 0.1) is 0 Å². The summed E-state index contributed by atoms with van der Waals surface area (Å²) >= 11 is 0. The van der Waals surface area contributed by atoms with Gasteiger partial charge >= 0.3 is 0 Å². The molecule has 1 N–H and O–H groups in total. The van der Waals surface area contributed by atoms with Gasteiger partial charge in [0.1, 0.15) is 0 Å². The first-order valence-electron chi connectivity index (χ1n) is 8.49. The summed E-state index contributed by atoms with van der Waals surface area (Å²) in [6.45, 7) is 0.815. The zero-order valence-electron chi connectivity index (χ0n) is 13.8. The Morgan fingerprint density at radius 1 is 1.12 bits per heavy atom. The predicted molar refractivity (Wildman–Crippen MR) is 94.6 cm³/mol. The van der Waals surface area contributed by atoms with E-state index in [9.17, 15) is 9.59 Å². The van der Waals surface area contributed by atoms with Gasteiger partial charge in [0.15, 0.2) is 0 Å². The Bertz CT molecular complexity index is 1040. The molecule has 7 nitrogen and oxygen atoms in total. The molecule has 1 unspecified atom stereocenters. The molecule has 0 bridgehead atoms. The van der Waals surface area contributed by atoms with Crippen molar-refractivity contribution in [2.24, 2.45) is 0 Å². The zero-order valence-corrected chi connectivity index (χ0v) is 13.8. The fraction of sp³-hybridized carbons (Fsp3) is 0.333. The van der Waals surface area contributed by atoms with Crippen LogP contribution in [0.25, 0.3) is 10.8 Å². The number of hydrogen-bond acceptors (Lipinski definition) is 4. The molecule has 0 aliphatic heterocycles. The first-order chi connectivity index (χ1) is 12.2. The van der Waals surface area contributed by atoms with Crippen LogP contribution >= 0.6 is 0 Å². The molecule has 0 fully saturated rings.